The van der Waals surface area contributed by atoms with Crippen molar-refractivity contribution < 1.29 is 0 Å². The van der Waals surface area contributed by atoms with Gasteiger partial charge in [0.05, 0.1) is 0 Å². The van der Waals surface area contributed by atoms with Gasteiger partial charge >= 0.3 is 0 Å². The van der Waals surface area contributed by atoms with Crippen molar-refractivity contribution in [3.05, 3.63) is 0 Å². The highest BCUT2D eigenvalue weighted by molar-refractivity contribution is 4.58. The third-order valence-electron chi connectivity index (χ3n) is 1.47. The van der Waals surface area contributed by atoms with Crippen LogP contribution in [-0.4, -0.2) is 20.1 Å². The van der Waals surface area contributed by atoms with Gasteiger partial charge in [0, 0.05) is 6.42 Å². The first-order valence-corrected chi connectivity index (χ1v) is 2.85. The van der Waals surface area contributed by atoms with Crippen molar-refractivity contribution in [1.29, 1.82) is 0 Å². The summed E-state index contributed by atoms with van der Waals surface area (Å²) in [5, 5.41) is 0. The summed E-state index contributed by atoms with van der Waals surface area (Å²) >= 11 is 0. The van der Waals surface area contributed by atoms with E-state index in [9.17, 15) is 0 Å². The molecular weight excluding hydrogens is 86.1 g/mol. The van der Waals surface area contributed by atoms with Crippen molar-refractivity contribution >= 4 is 0 Å². The Morgan fingerprint density at radius 2 is 1.86 bits per heavy atom. The number of nitrogens with zero attached hydrogens (tertiary/aromatic N) is 1. The Labute approximate surface area is 46.3 Å². The number of rotatable bonds is 2. The van der Waals surface area contributed by atoms with Crippen molar-refractivity contribution in [1.82, 2.24) is 4.90 Å². The van der Waals surface area contributed by atoms with Crippen LogP contribution in [0.25, 0.3) is 0 Å². The molecule has 0 fully saturated rings. The predicted molar refractivity (Wildman–Crippen MR) is 33.7 cm³/mol. The molecule has 1 atom stereocenters. The summed E-state index contributed by atoms with van der Waals surface area (Å²) in [7, 11) is 4.21. The topological polar surface area (TPSA) is 5.90 Å². The summed E-state index contributed by atoms with van der Waals surface area (Å²) in [4.78, 5) is 2.22. The lowest BCUT2D eigenvalue weighted by molar-refractivity contribution is 0.432. The number of hydrogen-bond donors (Lipinski definition) is 0. The Morgan fingerprint density at radius 1 is 1.43 bits per heavy atom. The Balaban J connectivity index is 3.14. The maximum absolute atomic E-state index is 2.22. The molecule has 0 aliphatic heterocycles. The molecule has 1 nitrogen and oxygen atoms in total. The summed E-state index contributed by atoms with van der Waals surface area (Å²) in [6.07, 6.45) is 1.24. The molecule has 0 rings (SSSR count). The Bertz CT molecular complexity index is 41.4. The molecule has 0 aromatic carbocycles. The molecule has 0 aliphatic rings. The van der Waals surface area contributed by atoms with Gasteiger partial charge in [-0.05, 0) is 6.92 Å². The summed E-state index contributed by atoms with van der Waals surface area (Å²) in [5.74, 6) is 0. The van der Waals surface area contributed by atoms with Crippen LogP contribution in [0.1, 0.15) is 20.3 Å². The molecule has 0 bridgehead atoms. The molecule has 7 heavy (non-hydrogen) atoms. The minimum atomic E-state index is 0.736. The van der Waals surface area contributed by atoms with Crippen LogP contribution in [-0.2, 0) is 0 Å². The molecular formula is C6H15N+. The highest BCUT2D eigenvalue weighted by Gasteiger charge is 2.07. The van der Waals surface area contributed by atoms with E-state index in [1.807, 2.05) is 0 Å². The van der Waals surface area contributed by atoms with Crippen LogP contribution in [0.3, 0.4) is 0 Å². The molecule has 1 unspecified atom stereocenters. The highest BCUT2D eigenvalue weighted by atomic mass is 15.1. The Kier molecular flexibility index (Phi) is 3.01. The maximum atomic E-state index is 2.22. The smallest absolute Gasteiger partial charge is 0.129 e. The molecule has 0 aromatic rings. The third-order valence-corrected chi connectivity index (χ3v) is 1.47. The van der Waals surface area contributed by atoms with Gasteiger partial charge in [0.1, 0.15) is 20.1 Å². The minimum Gasteiger partial charge on any atom is -0.173 e. The van der Waals surface area contributed by atoms with E-state index in [0.29, 0.717) is 0 Å². The van der Waals surface area contributed by atoms with Gasteiger partial charge in [-0.1, -0.05) is 6.92 Å². The van der Waals surface area contributed by atoms with Crippen LogP contribution in [0.5, 0.6) is 0 Å². The van der Waals surface area contributed by atoms with E-state index in [2.05, 4.69) is 32.8 Å². The highest BCUT2D eigenvalue weighted by Crippen LogP contribution is 1.91. The van der Waals surface area contributed by atoms with E-state index in [1.54, 1.807) is 0 Å². The largest absolute Gasteiger partial charge is 0.173 e. The monoisotopic (exact) mass is 101 g/mol. The van der Waals surface area contributed by atoms with Crippen LogP contribution in [0.4, 0.5) is 0 Å². The molecule has 0 heterocycles. The van der Waals surface area contributed by atoms with Crippen molar-refractivity contribution in [3.63, 3.8) is 0 Å². The minimum absolute atomic E-state index is 0.736. The SMILES string of the molecule is CCC(C)[N+](C)C. The summed E-state index contributed by atoms with van der Waals surface area (Å²) in [6.45, 7) is 4.42. The maximum Gasteiger partial charge on any atom is 0.129 e. The molecule has 0 N–H and O–H groups in total. The summed E-state index contributed by atoms with van der Waals surface area (Å²) in [6, 6.07) is 0.736. The molecule has 0 saturated heterocycles. The van der Waals surface area contributed by atoms with Crippen molar-refractivity contribution in [3.8, 4) is 0 Å². The average molecular weight is 101 g/mol. The van der Waals surface area contributed by atoms with Crippen molar-refractivity contribution in [2.24, 2.45) is 0 Å². The lowest BCUT2D eigenvalue weighted by Gasteiger charge is -2.05. The lowest BCUT2D eigenvalue weighted by atomic mass is 10.2. The van der Waals surface area contributed by atoms with E-state index < -0.39 is 0 Å². The molecule has 0 aliphatic carbocycles. The first kappa shape index (κ1) is 6.96. The molecule has 43 valence electrons. The second-order valence-corrected chi connectivity index (χ2v) is 2.22. The Morgan fingerprint density at radius 3 is 1.86 bits per heavy atom. The van der Waals surface area contributed by atoms with Crippen molar-refractivity contribution in [2.45, 2.75) is 26.3 Å². The molecule has 1 heteroatoms. The van der Waals surface area contributed by atoms with Crippen LogP contribution < -0.4 is 4.90 Å². The molecule has 0 spiro atoms. The second-order valence-electron chi connectivity index (χ2n) is 2.22. The fourth-order valence-electron chi connectivity index (χ4n) is 0.365. The van der Waals surface area contributed by atoms with Gasteiger partial charge in [0.2, 0.25) is 0 Å². The summed E-state index contributed by atoms with van der Waals surface area (Å²) < 4.78 is 0. The fourth-order valence-corrected chi connectivity index (χ4v) is 0.365. The average Bonchev–Trinajstić information content (AvgIpc) is 1.65. The van der Waals surface area contributed by atoms with Gasteiger partial charge in [0.25, 0.3) is 0 Å². The molecule has 0 aromatic heterocycles. The molecule has 1 radical (unpaired) electrons. The lowest BCUT2D eigenvalue weighted by Crippen LogP contribution is -2.29. The van der Waals surface area contributed by atoms with Crippen LogP contribution in [0, 0.1) is 0 Å². The zero-order valence-electron chi connectivity index (χ0n) is 5.73. The molecule has 0 amide bonds. The Hall–Kier alpha value is -0.0400. The molecule has 0 saturated carbocycles. The van der Waals surface area contributed by atoms with Gasteiger partial charge in [-0.15, -0.1) is 0 Å². The van der Waals surface area contributed by atoms with E-state index in [-0.39, 0.29) is 0 Å². The van der Waals surface area contributed by atoms with Crippen LogP contribution >= 0.6 is 0 Å². The van der Waals surface area contributed by atoms with Crippen LogP contribution in [0.15, 0.2) is 0 Å². The fraction of sp³-hybridized carbons (Fsp3) is 1.00. The first-order valence-electron chi connectivity index (χ1n) is 2.85. The second kappa shape index (κ2) is 3.03. The zero-order chi connectivity index (χ0) is 5.86. The third kappa shape index (κ3) is 2.63. The first-order chi connectivity index (χ1) is 3.18. The number of hydrogen-bond acceptors (Lipinski definition) is 1. The standard InChI is InChI=1S/C6H15N/c1-5-6(2)7(3)4/h6H,5H2,1-4H3/q+1. The van der Waals surface area contributed by atoms with Gasteiger partial charge in [-0.25, -0.2) is 0 Å². The van der Waals surface area contributed by atoms with E-state index >= 15 is 0 Å². The van der Waals surface area contributed by atoms with Gasteiger partial charge in [0.15, 0.2) is 0 Å². The van der Waals surface area contributed by atoms with Crippen LogP contribution in [0.2, 0.25) is 0 Å². The quantitative estimate of drug-likeness (QED) is 0.461. The zero-order valence-corrected chi connectivity index (χ0v) is 5.73. The van der Waals surface area contributed by atoms with Gasteiger partial charge in [-0.3, -0.25) is 0 Å². The predicted octanol–water partition coefficient (Wildman–Crippen LogP) is 1.18. The van der Waals surface area contributed by atoms with Gasteiger partial charge in [-0.2, -0.15) is 4.90 Å². The summed E-state index contributed by atoms with van der Waals surface area (Å²) in [5.41, 5.74) is 0. The van der Waals surface area contributed by atoms with Gasteiger partial charge < -0.3 is 0 Å². The van der Waals surface area contributed by atoms with E-state index in [1.165, 1.54) is 6.42 Å². The van der Waals surface area contributed by atoms with E-state index in [4.69, 9.17) is 0 Å². The van der Waals surface area contributed by atoms with E-state index in [0.717, 1.165) is 6.04 Å². The van der Waals surface area contributed by atoms with Crippen molar-refractivity contribution in [2.75, 3.05) is 14.1 Å². The normalized spacial score (nSPS) is 15.0.